The Bertz CT molecular complexity index is 985. The monoisotopic (exact) mass is 414 g/mol. The first-order valence-corrected chi connectivity index (χ1v) is 11.6. The van der Waals surface area contributed by atoms with Crippen LogP contribution in [-0.4, -0.2) is 33.0 Å². The van der Waals surface area contributed by atoms with Crippen LogP contribution >= 0.6 is 0 Å². The molecular formula is C22H26N2O4S. The third-order valence-corrected chi connectivity index (χ3v) is 7.12. The molecule has 7 heteroatoms. The minimum absolute atomic E-state index is 0.0299. The van der Waals surface area contributed by atoms with Gasteiger partial charge in [0.2, 0.25) is 10.0 Å². The van der Waals surface area contributed by atoms with Crippen molar-refractivity contribution in [3.8, 4) is 5.75 Å². The van der Waals surface area contributed by atoms with Gasteiger partial charge in [-0.2, -0.15) is 0 Å². The Hall–Kier alpha value is -2.38. The third kappa shape index (κ3) is 4.31. The Labute approximate surface area is 171 Å². The first-order chi connectivity index (χ1) is 13.9. The molecule has 2 aromatic rings. The molecule has 29 heavy (non-hydrogen) atoms. The zero-order valence-corrected chi connectivity index (χ0v) is 17.3. The Morgan fingerprint density at radius 2 is 1.86 bits per heavy atom. The molecule has 0 saturated heterocycles. The van der Waals surface area contributed by atoms with Gasteiger partial charge in [-0.25, -0.2) is 13.1 Å². The molecule has 2 aliphatic rings. The molecule has 2 aromatic carbocycles. The Kier molecular flexibility index (Phi) is 5.61. The summed E-state index contributed by atoms with van der Waals surface area (Å²) in [5, 5.41) is 0. The molecule has 0 spiro atoms. The number of fused-ring (bicyclic) bond motifs is 1. The van der Waals surface area contributed by atoms with Crippen molar-refractivity contribution in [2.45, 2.75) is 56.1 Å². The van der Waals surface area contributed by atoms with E-state index in [1.54, 1.807) is 30.0 Å². The van der Waals surface area contributed by atoms with Crippen molar-refractivity contribution in [3.63, 3.8) is 0 Å². The summed E-state index contributed by atoms with van der Waals surface area (Å²) in [6, 6.07) is 14.3. The van der Waals surface area contributed by atoms with Gasteiger partial charge in [-0.3, -0.25) is 4.79 Å². The predicted octanol–water partition coefficient (Wildman–Crippen LogP) is 3.26. The van der Waals surface area contributed by atoms with Crippen LogP contribution in [0.4, 0.5) is 5.69 Å². The lowest BCUT2D eigenvalue weighted by Gasteiger charge is -2.22. The highest BCUT2D eigenvalue weighted by molar-refractivity contribution is 7.89. The molecule has 0 aromatic heterocycles. The fourth-order valence-electron chi connectivity index (χ4n) is 4.08. The van der Waals surface area contributed by atoms with Gasteiger partial charge in [-0.05, 0) is 62.1 Å². The van der Waals surface area contributed by atoms with Crippen LogP contribution in [0.2, 0.25) is 0 Å². The molecule has 0 bridgehead atoms. The maximum atomic E-state index is 12.9. The number of carbonyl (C=O) groups is 1. The molecular weight excluding hydrogens is 388 g/mol. The van der Waals surface area contributed by atoms with Gasteiger partial charge in [0.05, 0.1) is 4.90 Å². The zero-order chi connectivity index (χ0) is 20.4. The number of nitrogens with one attached hydrogen (secondary N) is 1. The normalized spacial score (nSPS) is 17.9. The molecule has 4 rings (SSSR count). The number of benzene rings is 2. The van der Waals surface area contributed by atoms with Gasteiger partial charge in [0, 0.05) is 18.3 Å². The minimum Gasteiger partial charge on any atom is -0.481 e. The van der Waals surface area contributed by atoms with E-state index in [4.69, 9.17) is 4.74 Å². The van der Waals surface area contributed by atoms with Crippen LogP contribution in [0.1, 0.15) is 38.2 Å². The van der Waals surface area contributed by atoms with Crippen LogP contribution in [0.15, 0.2) is 53.4 Å². The van der Waals surface area contributed by atoms with E-state index in [0.29, 0.717) is 18.7 Å². The maximum absolute atomic E-state index is 12.9. The second kappa shape index (κ2) is 8.16. The van der Waals surface area contributed by atoms with E-state index >= 15 is 0 Å². The van der Waals surface area contributed by atoms with Gasteiger partial charge in [0.1, 0.15) is 5.75 Å². The van der Waals surface area contributed by atoms with Crippen LogP contribution in [0.3, 0.4) is 0 Å². The molecule has 1 saturated carbocycles. The highest BCUT2D eigenvalue weighted by atomic mass is 32.2. The predicted molar refractivity (Wildman–Crippen MR) is 112 cm³/mol. The molecule has 154 valence electrons. The smallest absolute Gasteiger partial charge is 0.267 e. The van der Waals surface area contributed by atoms with Crippen molar-refractivity contribution in [2.75, 3.05) is 11.4 Å². The van der Waals surface area contributed by atoms with Crippen LogP contribution < -0.4 is 14.4 Å². The second-order valence-electron chi connectivity index (χ2n) is 7.71. The van der Waals surface area contributed by atoms with E-state index in [9.17, 15) is 13.2 Å². The van der Waals surface area contributed by atoms with Gasteiger partial charge in [0.15, 0.2) is 6.10 Å². The number of anilines is 1. The Morgan fingerprint density at radius 3 is 2.59 bits per heavy atom. The lowest BCUT2D eigenvalue weighted by Crippen LogP contribution is -2.39. The summed E-state index contributed by atoms with van der Waals surface area (Å²) in [5.74, 6) is 0.513. The van der Waals surface area contributed by atoms with Crippen molar-refractivity contribution in [2.24, 2.45) is 0 Å². The SMILES string of the molecule is CC(Oc1ccccc1)C(=O)N1CCc2cc(S(=O)(=O)NC3CCCC3)ccc21. The van der Waals surface area contributed by atoms with Gasteiger partial charge >= 0.3 is 0 Å². The molecule has 1 N–H and O–H groups in total. The average Bonchev–Trinajstić information content (AvgIpc) is 3.37. The summed E-state index contributed by atoms with van der Waals surface area (Å²) in [7, 11) is -3.54. The molecule has 1 aliphatic heterocycles. The summed E-state index contributed by atoms with van der Waals surface area (Å²) in [6.45, 7) is 2.26. The molecule has 1 aliphatic carbocycles. The van der Waals surface area contributed by atoms with Gasteiger partial charge < -0.3 is 9.64 Å². The second-order valence-corrected chi connectivity index (χ2v) is 9.42. The van der Waals surface area contributed by atoms with Crippen molar-refractivity contribution in [1.29, 1.82) is 0 Å². The van der Waals surface area contributed by atoms with E-state index in [1.807, 2.05) is 30.3 Å². The number of hydrogen-bond acceptors (Lipinski definition) is 4. The highest BCUT2D eigenvalue weighted by Crippen LogP contribution is 2.31. The highest BCUT2D eigenvalue weighted by Gasteiger charge is 2.31. The fraction of sp³-hybridized carbons (Fsp3) is 0.409. The van der Waals surface area contributed by atoms with Gasteiger partial charge in [0.25, 0.3) is 5.91 Å². The number of ether oxygens (including phenoxy) is 1. The molecule has 1 fully saturated rings. The Morgan fingerprint density at radius 1 is 1.14 bits per heavy atom. The molecule has 6 nitrogen and oxygen atoms in total. The van der Waals surface area contributed by atoms with Crippen LogP contribution in [0.5, 0.6) is 5.75 Å². The van der Waals surface area contributed by atoms with Crippen molar-refractivity contribution in [3.05, 3.63) is 54.1 Å². The number of carbonyl (C=O) groups excluding carboxylic acids is 1. The quantitative estimate of drug-likeness (QED) is 0.787. The Balaban J connectivity index is 1.48. The number of rotatable bonds is 6. The summed E-state index contributed by atoms with van der Waals surface area (Å²) < 4.78 is 34.0. The molecule has 1 atom stereocenters. The molecule has 1 amide bonds. The van der Waals surface area contributed by atoms with E-state index in [1.165, 1.54) is 0 Å². The third-order valence-electron chi connectivity index (χ3n) is 5.60. The first-order valence-electron chi connectivity index (χ1n) is 10.1. The number of hydrogen-bond donors (Lipinski definition) is 1. The summed E-state index contributed by atoms with van der Waals surface area (Å²) >= 11 is 0. The van der Waals surface area contributed by atoms with Crippen LogP contribution in [0, 0.1) is 0 Å². The summed E-state index contributed by atoms with van der Waals surface area (Å²) in [6.07, 6.45) is 3.93. The summed E-state index contributed by atoms with van der Waals surface area (Å²) in [4.78, 5) is 14.8. The van der Waals surface area contributed by atoms with Crippen molar-refractivity contribution >= 4 is 21.6 Å². The molecule has 0 radical (unpaired) electrons. The number of sulfonamides is 1. The lowest BCUT2D eigenvalue weighted by molar-refractivity contribution is -0.124. The molecule has 1 unspecified atom stereocenters. The van der Waals surface area contributed by atoms with Crippen molar-refractivity contribution in [1.82, 2.24) is 4.72 Å². The number of para-hydroxylation sites is 1. The van der Waals surface area contributed by atoms with E-state index in [0.717, 1.165) is 36.9 Å². The standard InChI is InChI=1S/C22H26N2O4S/c1-16(28-19-9-3-2-4-10-19)22(25)24-14-13-17-15-20(11-12-21(17)24)29(26,27)23-18-7-5-6-8-18/h2-4,9-12,15-16,18,23H,5-8,13-14H2,1H3. The van der Waals surface area contributed by atoms with Crippen LogP contribution in [-0.2, 0) is 21.2 Å². The lowest BCUT2D eigenvalue weighted by atomic mass is 10.2. The largest absolute Gasteiger partial charge is 0.481 e. The van der Waals surface area contributed by atoms with E-state index < -0.39 is 16.1 Å². The number of nitrogens with zero attached hydrogens (tertiary/aromatic N) is 1. The zero-order valence-electron chi connectivity index (χ0n) is 16.5. The summed E-state index contributed by atoms with van der Waals surface area (Å²) in [5.41, 5.74) is 1.64. The van der Waals surface area contributed by atoms with Gasteiger partial charge in [-0.1, -0.05) is 31.0 Å². The number of amides is 1. The minimum atomic E-state index is -3.54. The van der Waals surface area contributed by atoms with E-state index in [2.05, 4.69) is 4.72 Å². The fourth-order valence-corrected chi connectivity index (χ4v) is 5.43. The molecule has 1 heterocycles. The van der Waals surface area contributed by atoms with Crippen molar-refractivity contribution < 1.29 is 17.9 Å². The van der Waals surface area contributed by atoms with E-state index in [-0.39, 0.29) is 16.8 Å². The average molecular weight is 415 g/mol. The first kappa shape index (κ1) is 19.9. The maximum Gasteiger partial charge on any atom is 0.267 e. The van der Waals surface area contributed by atoms with Gasteiger partial charge in [-0.15, -0.1) is 0 Å². The van der Waals surface area contributed by atoms with Crippen LogP contribution in [0.25, 0.3) is 0 Å². The topological polar surface area (TPSA) is 75.7 Å².